The van der Waals surface area contributed by atoms with Crippen molar-refractivity contribution in [1.29, 1.82) is 0 Å². The minimum absolute atomic E-state index is 0.0657. The summed E-state index contributed by atoms with van der Waals surface area (Å²) < 4.78 is 78.9. The molecule has 0 amide bonds. The first-order valence-electron chi connectivity index (χ1n) is 4.78. The number of nitrogens with zero attached hydrogens (tertiary/aromatic N) is 2. The van der Waals surface area contributed by atoms with Crippen molar-refractivity contribution in [3.05, 3.63) is 33.7 Å². The first-order valence-corrected chi connectivity index (χ1v) is 6.04. The van der Waals surface area contributed by atoms with Gasteiger partial charge in [0, 0.05) is 17.6 Å². The highest BCUT2D eigenvalue weighted by Gasteiger charge is 2.72. The van der Waals surface area contributed by atoms with Crippen molar-refractivity contribution < 1.29 is 26.3 Å². The molecule has 2 rings (SSSR count). The quantitative estimate of drug-likeness (QED) is 0.636. The number of hydrogen-bond donors (Lipinski definition) is 0. The third kappa shape index (κ3) is 2.06. The van der Waals surface area contributed by atoms with Crippen LogP contribution in [0.4, 0.5) is 26.3 Å². The molecule has 0 spiro atoms. The van der Waals surface area contributed by atoms with E-state index >= 15 is 0 Å². The van der Waals surface area contributed by atoms with Gasteiger partial charge in [0.15, 0.2) is 4.96 Å². The summed E-state index contributed by atoms with van der Waals surface area (Å²) in [5.74, 6) is -11.3. The molecule has 0 N–H and O–H groups in total. The van der Waals surface area contributed by atoms with E-state index < -0.39 is 28.5 Å². The van der Waals surface area contributed by atoms with Crippen LogP contribution in [0.2, 0.25) is 0 Å². The summed E-state index contributed by atoms with van der Waals surface area (Å²) >= 11 is 4.73. The Balaban J connectivity index is 2.65. The molecule has 0 aliphatic heterocycles. The van der Waals surface area contributed by atoms with E-state index in [4.69, 9.17) is 0 Å². The van der Waals surface area contributed by atoms with Crippen LogP contribution >= 0.6 is 22.9 Å². The van der Waals surface area contributed by atoms with Gasteiger partial charge in [-0.15, -0.1) is 11.3 Å². The number of rotatable bonds is 3. The van der Waals surface area contributed by atoms with Crippen LogP contribution in [-0.2, 0) is 5.92 Å². The van der Waals surface area contributed by atoms with E-state index in [0.29, 0.717) is 11.3 Å². The zero-order chi connectivity index (χ0) is 15.3. The Morgan fingerprint density at radius 1 is 1.20 bits per heavy atom. The molecule has 2 heterocycles. The highest BCUT2D eigenvalue weighted by Crippen LogP contribution is 2.52. The minimum atomic E-state index is -5.91. The van der Waals surface area contributed by atoms with E-state index in [9.17, 15) is 31.1 Å². The van der Waals surface area contributed by atoms with Gasteiger partial charge < -0.3 is 0 Å². The SMILES string of the molecule is O=c1cc(C(F)(F)C(F)(F)C(F)(F)Cl)nc2sccn12. The van der Waals surface area contributed by atoms with Crippen molar-refractivity contribution in [3.8, 4) is 0 Å². The maximum Gasteiger partial charge on any atom is 0.392 e. The molecule has 0 saturated heterocycles. The normalized spacial score (nSPS) is 13.9. The lowest BCUT2D eigenvalue weighted by molar-refractivity contribution is -0.287. The summed E-state index contributed by atoms with van der Waals surface area (Å²) in [5, 5.41) is -4.21. The standard InChI is InChI=1S/C9H3ClF6N2OS/c10-9(15,16)8(13,14)7(11,12)4-3-5(19)18-1-2-20-6(18)17-4/h1-3H. The Hall–Kier alpha value is -1.29. The Bertz CT molecular complexity index is 706. The van der Waals surface area contributed by atoms with Crippen LogP contribution in [0.25, 0.3) is 4.96 Å². The lowest BCUT2D eigenvalue weighted by Gasteiger charge is -2.28. The van der Waals surface area contributed by atoms with E-state index in [-0.39, 0.29) is 11.0 Å². The van der Waals surface area contributed by atoms with Crippen LogP contribution in [0.15, 0.2) is 22.4 Å². The van der Waals surface area contributed by atoms with E-state index in [0.717, 1.165) is 4.40 Å². The summed E-state index contributed by atoms with van der Waals surface area (Å²) in [4.78, 5) is 14.2. The molecule has 20 heavy (non-hydrogen) atoms. The topological polar surface area (TPSA) is 34.4 Å². The second-order valence-electron chi connectivity index (χ2n) is 3.68. The fourth-order valence-electron chi connectivity index (χ4n) is 1.34. The van der Waals surface area contributed by atoms with Gasteiger partial charge in [-0.05, 0) is 11.6 Å². The molecule has 11 heteroatoms. The second kappa shape index (κ2) is 4.35. The summed E-state index contributed by atoms with van der Waals surface area (Å²) in [6, 6.07) is 0.0657. The Kier molecular flexibility index (Phi) is 3.29. The van der Waals surface area contributed by atoms with Crippen molar-refractivity contribution in [1.82, 2.24) is 9.38 Å². The molecule has 0 saturated carbocycles. The van der Waals surface area contributed by atoms with E-state index in [2.05, 4.69) is 16.6 Å². The lowest BCUT2D eigenvalue weighted by Crippen LogP contribution is -2.50. The van der Waals surface area contributed by atoms with E-state index in [1.54, 1.807) is 0 Å². The second-order valence-corrected chi connectivity index (χ2v) is 5.03. The van der Waals surface area contributed by atoms with Crippen LogP contribution in [0.1, 0.15) is 5.69 Å². The van der Waals surface area contributed by atoms with Crippen LogP contribution in [0, 0.1) is 0 Å². The molecule has 3 nitrogen and oxygen atoms in total. The van der Waals surface area contributed by atoms with Crippen LogP contribution in [0.3, 0.4) is 0 Å². The average molecular weight is 337 g/mol. The van der Waals surface area contributed by atoms with Crippen molar-refractivity contribution in [2.75, 3.05) is 0 Å². The van der Waals surface area contributed by atoms with Crippen LogP contribution in [0.5, 0.6) is 0 Å². The van der Waals surface area contributed by atoms with Gasteiger partial charge in [-0.25, -0.2) is 4.98 Å². The third-order valence-corrected chi connectivity index (χ3v) is 3.37. The van der Waals surface area contributed by atoms with Gasteiger partial charge in [-0.1, -0.05) is 0 Å². The number of alkyl halides is 7. The molecule has 0 bridgehead atoms. The summed E-state index contributed by atoms with van der Waals surface area (Å²) in [7, 11) is 0. The predicted molar refractivity (Wildman–Crippen MR) is 59.0 cm³/mol. The van der Waals surface area contributed by atoms with Gasteiger partial charge >= 0.3 is 17.2 Å². The molecular formula is C9H3ClF6N2OS. The first-order chi connectivity index (χ1) is 8.98. The number of thiazole rings is 1. The van der Waals surface area contributed by atoms with Crippen LogP contribution in [-0.4, -0.2) is 20.7 Å². The third-order valence-electron chi connectivity index (χ3n) is 2.38. The van der Waals surface area contributed by atoms with Crippen molar-refractivity contribution in [2.45, 2.75) is 17.2 Å². The molecular weight excluding hydrogens is 334 g/mol. The van der Waals surface area contributed by atoms with Gasteiger partial charge in [0.2, 0.25) is 0 Å². The van der Waals surface area contributed by atoms with Gasteiger partial charge in [0.05, 0.1) is 0 Å². The maximum absolute atomic E-state index is 13.5. The fraction of sp³-hybridized carbons (Fsp3) is 0.333. The van der Waals surface area contributed by atoms with Gasteiger partial charge in [-0.2, -0.15) is 26.3 Å². The zero-order valence-corrected chi connectivity index (χ0v) is 10.7. The molecule has 0 unspecified atom stereocenters. The maximum atomic E-state index is 13.5. The molecule has 0 aromatic carbocycles. The van der Waals surface area contributed by atoms with Crippen molar-refractivity contribution in [2.24, 2.45) is 0 Å². The molecule has 0 atom stereocenters. The smallest absolute Gasteiger partial charge is 0.269 e. The summed E-state index contributed by atoms with van der Waals surface area (Å²) in [6.07, 6.45) is 1.17. The van der Waals surface area contributed by atoms with Crippen LogP contribution < -0.4 is 5.56 Å². The van der Waals surface area contributed by atoms with Crippen molar-refractivity contribution >= 4 is 27.9 Å². The summed E-state index contributed by atoms with van der Waals surface area (Å²) in [5.41, 5.74) is -2.87. The molecule has 0 aliphatic rings. The highest BCUT2D eigenvalue weighted by atomic mass is 35.5. The number of hydrogen-bond acceptors (Lipinski definition) is 3. The lowest BCUT2D eigenvalue weighted by atomic mass is 10.1. The minimum Gasteiger partial charge on any atom is -0.269 e. The molecule has 2 aromatic rings. The first kappa shape index (κ1) is 15.1. The number of aromatic nitrogens is 2. The summed E-state index contributed by atoms with van der Waals surface area (Å²) in [6.45, 7) is 0. The van der Waals surface area contributed by atoms with E-state index in [1.807, 2.05) is 0 Å². The van der Waals surface area contributed by atoms with E-state index in [1.165, 1.54) is 11.6 Å². The number of fused-ring (bicyclic) bond motifs is 1. The molecule has 2 aromatic heterocycles. The molecule has 110 valence electrons. The van der Waals surface area contributed by atoms with Gasteiger partial charge in [-0.3, -0.25) is 9.20 Å². The van der Waals surface area contributed by atoms with Gasteiger partial charge in [0.25, 0.3) is 5.56 Å². The van der Waals surface area contributed by atoms with Gasteiger partial charge in [0.1, 0.15) is 5.69 Å². The molecule has 0 radical (unpaired) electrons. The highest BCUT2D eigenvalue weighted by molar-refractivity contribution is 7.15. The molecule has 0 aliphatic carbocycles. The Morgan fingerprint density at radius 3 is 2.35 bits per heavy atom. The molecule has 0 fully saturated rings. The van der Waals surface area contributed by atoms with Crippen molar-refractivity contribution in [3.63, 3.8) is 0 Å². The average Bonchev–Trinajstić information content (AvgIpc) is 2.75. The predicted octanol–water partition coefficient (Wildman–Crippen LogP) is 3.31. The Morgan fingerprint density at radius 2 is 1.80 bits per heavy atom. The fourth-order valence-corrected chi connectivity index (χ4v) is 2.18. The largest absolute Gasteiger partial charge is 0.392 e. The zero-order valence-electron chi connectivity index (χ0n) is 9.09. The monoisotopic (exact) mass is 336 g/mol. The number of halogens is 7. The Labute approximate surface area is 115 Å².